The quantitative estimate of drug-likeness (QED) is 0.805. The highest BCUT2D eigenvalue weighted by atomic mass is 16.1. The zero-order valence-corrected chi connectivity index (χ0v) is 8.53. The van der Waals surface area contributed by atoms with Gasteiger partial charge in [-0.15, -0.1) is 0 Å². The number of pyridine rings is 1. The summed E-state index contributed by atoms with van der Waals surface area (Å²) in [5.41, 5.74) is 0.690. The molecule has 3 nitrogen and oxygen atoms in total. The maximum Gasteiger partial charge on any atom is 0.251 e. The predicted octanol–water partition coefficient (Wildman–Crippen LogP) is 1.98. The van der Waals surface area contributed by atoms with Crippen LogP contribution >= 0.6 is 0 Å². The lowest BCUT2D eigenvalue weighted by atomic mass is 10.1. The minimum Gasteiger partial charge on any atom is -0.352 e. The third-order valence-corrected chi connectivity index (χ3v) is 2.24. The molecule has 0 fully saturated rings. The van der Waals surface area contributed by atoms with Crippen molar-refractivity contribution < 1.29 is 4.79 Å². The van der Waals surface area contributed by atoms with Crippen molar-refractivity contribution in [2.75, 3.05) is 6.54 Å². The van der Waals surface area contributed by atoms with Crippen LogP contribution in [0.2, 0.25) is 0 Å². The van der Waals surface area contributed by atoms with E-state index in [-0.39, 0.29) is 5.91 Å². The Bertz CT molecular complexity index is 494. The zero-order chi connectivity index (χ0) is 10.7. The average Bonchev–Trinajstić information content (AvgIpc) is 2.29. The van der Waals surface area contributed by atoms with Crippen LogP contribution in [0.5, 0.6) is 0 Å². The van der Waals surface area contributed by atoms with Crippen molar-refractivity contribution in [2.45, 2.75) is 6.92 Å². The topological polar surface area (TPSA) is 42.0 Å². The summed E-state index contributed by atoms with van der Waals surface area (Å²) < 4.78 is 0. The van der Waals surface area contributed by atoms with Gasteiger partial charge in [-0.05, 0) is 30.5 Å². The molecule has 1 N–H and O–H groups in total. The van der Waals surface area contributed by atoms with Gasteiger partial charge in [-0.3, -0.25) is 9.78 Å². The normalized spacial score (nSPS) is 10.2. The molecule has 2 aromatic rings. The van der Waals surface area contributed by atoms with E-state index in [2.05, 4.69) is 10.3 Å². The Morgan fingerprint density at radius 3 is 3.00 bits per heavy atom. The number of aromatic nitrogens is 1. The summed E-state index contributed by atoms with van der Waals surface area (Å²) in [7, 11) is 0. The number of fused-ring (bicyclic) bond motifs is 1. The molecule has 0 radical (unpaired) electrons. The molecule has 0 bridgehead atoms. The third kappa shape index (κ3) is 1.96. The lowest BCUT2D eigenvalue weighted by molar-refractivity contribution is 0.0956. The van der Waals surface area contributed by atoms with Crippen molar-refractivity contribution in [3.8, 4) is 0 Å². The summed E-state index contributed by atoms with van der Waals surface area (Å²) in [5.74, 6) is -0.0313. The summed E-state index contributed by atoms with van der Waals surface area (Å²) in [6.45, 7) is 2.55. The van der Waals surface area contributed by atoms with Gasteiger partial charge >= 0.3 is 0 Å². The minimum absolute atomic E-state index is 0.0313. The molecule has 3 heteroatoms. The van der Waals surface area contributed by atoms with Gasteiger partial charge in [0.1, 0.15) is 0 Å². The molecule has 0 aliphatic heterocycles. The molecule has 0 aliphatic carbocycles. The number of amides is 1. The Labute approximate surface area is 88.1 Å². The highest BCUT2D eigenvalue weighted by Crippen LogP contribution is 2.14. The van der Waals surface area contributed by atoms with E-state index in [9.17, 15) is 4.79 Å². The van der Waals surface area contributed by atoms with E-state index in [0.717, 1.165) is 10.8 Å². The molecule has 0 unspecified atom stereocenters. The summed E-state index contributed by atoms with van der Waals surface area (Å²) in [6, 6.07) is 7.50. The van der Waals surface area contributed by atoms with Crippen molar-refractivity contribution in [1.29, 1.82) is 0 Å². The molecule has 2 rings (SSSR count). The molecule has 0 atom stereocenters. The average molecular weight is 200 g/mol. The van der Waals surface area contributed by atoms with Gasteiger partial charge in [-0.25, -0.2) is 0 Å². The molecular formula is C12H12N2O. The number of benzene rings is 1. The number of rotatable bonds is 2. The second kappa shape index (κ2) is 4.09. The number of nitrogens with zero attached hydrogens (tertiary/aromatic N) is 1. The highest BCUT2D eigenvalue weighted by molar-refractivity contribution is 5.98. The Hall–Kier alpha value is -1.90. The Balaban J connectivity index is 2.42. The van der Waals surface area contributed by atoms with Crippen LogP contribution in [0.3, 0.4) is 0 Å². The van der Waals surface area contributed by atoms with Crippen LogP contribution in [0.25, 0.3) is 10.8 Å². The second-order valence-electron chi connectivity index (χ2n) is 3.30. The van der Waals surface area contributed by atoms with Crippen LogP contribution in [0.1, 0.15) is 17.3 Å². The number of nitrogens with one attached hydrogen (secondary N) is 1. The van der Waals surface area contributed by atoms with Crippen molar-refractivity contribution in [2.24, 2.45) is 0 Å². The molecule has 1 aromatic carbocycles. The smallest absolute Gasteiger partial charge is 0.251 e. The Morgan fingerprint density at radius 1 is 1.33 bits per heavy atom. The molecule has 15 heavy (non-hydrogen) atoms. The lowest BCUT2D eigenvalue weighted by Crippen LogP contribution is -2.22. The van der Waals surface area contributed by atoms with E-state index < -0.39 is 0 Å². The first kappa shape index (κ1) is 9.65. The van der Waals surface area contributed by atoms with Gasteiger partial charge in [0.25, 0.3) is 5.91 Å². The van der Waals surface area contributed by atoms with Crippen LogP contribution in [0.4, 0.5) is 0 Å². The van der Waals surface area contributed by atoms with Crippen molar-refractivity contribution in [3.05, 3.63) is 42.2 Å². The molecule has 1 heterocycles. The first-order valence-corrected chi connectivity index (χ1v) is 4.93. The van der Waals surface area contributed by atoms with Crippen LogP contribution < -0.4 is 5.32 Å². The number of hydrogen-bond donors (Lipinski definition) is 1. The van der Waals surface area contributed by atoms with Crippen LogP contribution in [0.15, 0.2) is 36.7 Å². The molecule has 0 saturated carbocycles. The number of carbonyl (C=O) groups is 1. The fourth-order valence-electron chi connectivity index (χ4n) is 1.49. The van der Waals surface area contributed by atoms with Crippen LogP contribution in [-0.2, 0) is 0 Å². The maximum absolute atomic E-state index is 11.6. The van der Waals surface area contributed by atoms with Gasteiger partial charge in [-0.1, -0.05) is 6.07 Å². The summed E-state index contributed by atoms with van der Waals surface area (Å²) >= 11 is 0. The fourth-order valence-corrected chi connectivity index (χ4v) is 1.49. The largest absolute Gasteiger partial charge is 0.352 e. The molecule has 1 aromatic heterocycles. The van der Waals surface area contributed by atoms with Crippen molar-refractivity contribution in [1.82, 2.24) is 10.3 Å². The Kier molecular flexibility index (Phi) is 2.63. The second-order valence-corrected chi connectivity index (χ2v) is 3.30. The summed E-state index contributed by atoms with van der Waals surface area (Å²) in [6.07, 6.45) is 3.51. The lowest BCUT2D eigenvalue weighted by Gasteiger charge is -2.03. The summed E-state index contributed by atoms with van der Waals surface area (Å²) in [4.78, 5) is 15.6. The molecule has 0 aliphatic rings. The fraction of sp³-hybridized carbons (Fsp3) is 0.167. The maximum atomic E-state index is 11.6. The zero-order valence-electron chi connectivity index (χ0n) is 8.53. The van der Waals surface area contributed by atoms with E-state index in [1.807, 2.05) is 31.2 Å². The Morgan fingerprint density at radius 2 is 2.20 bits per heavy atom. The van der Waals surface area contributed by atoms with E-state index in [4.69, 9.17) is 0 Å². The van der Waals surface area contributed by atoms with E-state index >= 15 is 0 Å². The standard InChI is InChI=1S/C12H12N2O/c1-2-14-12(15)10-3-4-11-8-13-6-5-9(11)7-10/h3-8H,2H2,1H3,(H,14,15). The predicted molar refractivity (Wildman–Crippen MR) is 59.8 cm³/mol. The van der Waals surface area contributed by atoms with Crippen LogP contribution in [0, 0.1) is 0 Å². The summed E-state index contributed by atoms with van der Waals surface area (Å²) in [5, 5.41) is 4.85. The van der Waals surface area contributed by atoms with Crippen LogP contribution in [-0.4, -0.2) is 17.4 Å². The monoisotopic (exact) mass is 200 g/mol. The van der Waals surface area contributed by atoms with E-state index in [1.54, 1.807) is 12.4 Å². The van der Waals surface area contributed by atoms with Gasteiger partial charge in [-0.2, -0.15) is 0 Å². The molecule has 76 valence electrons. The minimum atomic E-state index is -0.0313. The van der Waals surface area contributed by atoms with Gasteiger partial charge in [0.15, 0.2) is 0 Å². The molecular weight excluding hydrogens is 188 g/mol. The van der Waals surface area contributed by atoms with Crippen molar-refractivity contribution in [3.63, 3.8) is 0 Å². The first-order valence-electron chi connectivity index (χ1n) is 4.93. The number of hydrogen-bond acceptors (Lipinski definition) is 2. The third-order valence-electron chi connectivity index (χ3n) is 2.24. The molecule has 0 saturated heterocycles. The molecule has 1 amide bonds. The van der Waals surface area contributed by atoms with E-state index in [1.165, 1.54) is 0 Å². The van der Waals surface area contributed by atoms with Gasteiger partial charge < -0.3 is 5.32 Å². The molecule has 0 spiro atoms. The first-order chi connectivity index (χ1) is 7.31. The van der Waals surface area contributed by atoms with Gasteiger partial charge in [0.2, 0.25) is 0 Å². The SMILES string of the molecule is CCNC(=O)c1ccc2cnccc2c1. The van der Waals surface area contributed by atoms with E-state index in [0.29, 0.717) is 12.1 Å². The van der Waals surface area contributed by atoms with Crippen molar-refractivity contribution >= 4 is 16.7 Å². The number of carbonyl (C=O) groups excluding carboxylic acids is 1. The highest BCUT2D eigenvalue weighted by Gasteiger charge is 2.04. The van der Waals surface area contributed by atoms with Gasteiger partial charge in [0.05, 0.1) is 0 Å². The van der Waals surface area contributed by atoms with Gasteiger partial charge in [0, 0.05) is 29.9 Å².